The van der Waals surface area contributed by atoms with Crippen LogP contribution in [0.1, 0.15) is 58.4 Å². The van der Waals surface area contributed by atoms with Gasteiger partial charge in [0.2, 0.25) is 10.0 Å². The minimum Gasteiger partial charge on any atom is -0.502 e. The Morgan fingerprint density at radius 2 is 1.90 bits per heavy atom. The number of methoxy groups -OCH3 is 1. The molecule has 29 heavy (non-hydrogen) atoms. The topological polar surface area (TPSA) is 69.4 Å². The zero-order valence-corrected chi connectivity index (χ0v) is 19.3. The molecule has 0 amide bonds. The minimum absolute atomic E-state index is 0.159. The van der Waals surface area contributed by atoms with Crippen molar-refractivity contribution < 1.29 is 13.2 Å². The fourth-order valence-corrected chi connectivity index (χ4v) is 4.49. The third-order valence-electron chi connectivity index (χ3n) is 5.72. The van der Waals surface area contributed by atoms with E-state index in [9.17, 15) is 8.42 Å². The van der Waals surface area contributed by atoms with Crippen LogP contribution in [0.25, 0.3) is 5.57 Å². The number of allylic oxidation sites excluding steroid dienone is 5. The molecule has 1 aromatic carbocycles. The molecule has 1 saturated carbocycles. The summed E-state index contributed by atoms with van der Waals surface area (Å²) < 4.78 is 27.6. The number of nitrogens with two attached hydrogens (primary N) is 1. The summed E-state index contributed by atoms with van der Waals surface area (Å²) in [5.41, 5.74) is 5.91. The minimum atomic E-state index is -3.64. The molecular weight excluding hydrogens is 406 g/mol. The van der Waals surface area contributed by atoms with Crippen LogP contribution < -0.4 is 5.14 Å². The van der Waals surface area contributed by atoms with Crippen LogP contribution in [0.3, 0.4) is 0 Å². The van der Waals surface area contributed by atoms with Crippen molar-refractivity contribution >= 4 is 27.2 Å². The number of halogens is 1. The van der Waals surface area contributed by atoms with E-state index in [1.807, 2.05) is 31.2 Å². The van der Waals surface area contributed by atoms with E-state index < -0.39 is 10.0 Å². The van der Waals surface area contributed by atoms with E-state index in [-0.39, 0.29) is 4.90 Å². The maximum atomic E-state index is 11.4. The molecule has 160 valence electrons. The zero-order chi connectivity index (χ0) is 21.7. The van der Waals surface area contributed by atoms with Crippen molar-refractivity contribution in [3.63, 3.8) is 0 Å². The van der Waals surface area contributed by atoms with E-state index in [1.54, 1.807) is 24.8 Å². The number of primary sulfonamides is 1. The smallest absolute Gasteiger partial charge is 0.238 e. The van der Waals surface area contributed by atoms with E-state index >= 15 is 0 Å². The average Bonchev–Trinajstić information content (AvgIpc) is 3.32. The van der Waals surface area contributed by atoms with Crippen LogP contribution in [0.5, 0.6) is 0 Å². The molecule has 0 heterocycles. The highest BCUT2D eigenvalue weighted by atomic mass is 35.5. The van der Waals surface area contributed by atoms with E-state index in [0.717, 1.165) is 30.6 Å². The number of sulfonamides is 1. The normalized spacial score (nSPS) is 19.3. The first kappa shape index (κ1) is 23.7. The fraction of sp³-hybridized carbons (Fsp3) is 0.478. The number of hydrogen-bond acceptors (Lipinski definition) is 3. The fourth-order valence-electron chi connectivity index (χ4n) is 3.76. The Morgan fingerprint density at radius 3 is 2.31 bits per heavy atom. The molecule has 1 aromatic rings. The quantitative estimate of drug-likeness (QED) is 0.555. The summed E-state index contributed by atoms with van der Waals surface area (Å²) in [6.45, 7) is 6.19. The highest BCUT2D eigenvalue weighted by Crippen LogP contribution is 2.62. The number of ether oxygens (including phenoxy) is 1. The largest absolute Gasteiger partial charge is 0.502 e. The van der Waals surface area contributed by atoms with Gasteiger partial charge in [0.05, 0.1) is 17.8 Å². The lowest BCUT2D eigenvalue weighted by Crippen LogP contribution is -2.11. The van der Waals surface area contributed by atoms with Gasteiger partial charge in [-0.05, 0) is 79.7 Å². The summed E-state index contributed by atoms with van der Waals surface area (Å²) in [5.74, 6) is 1.31. The second-order valence-corrected chi connectivity index (χ2v) is 9.77. The van der Waals surface area contributed by atoms with Gasteiger partial charge in [-0.2, -0.15) is 0 Å². The van der Waals surface area contributed by atoms with E-state index in [2.05, 4.69) is 13.8 Å². The Labute approximate surface area is 180 Å². The molecule has 1 fully saturated rings. The first-order valence-electron chi connectivity index (χ1n) is 9.98. The predicted octanol–water partition coefficient (Wildman–Crippen LogP) is 6.00. The Bertz CT molecular complexity index is 895. The molecular formula is C23H32ClNO3S. The number of hydrogen-bond donors (Lipinski definition) is 1. The lowest BCUT2D eigenvalue weighted by atomic mass is 9.93. The molecule has 0 aliphatic heterocycles. The van der Waals surface area contributed by atoms with Crippen molar-refractivity contribution in [3.8, 4) is 0 Å². The first-order chi connectivity index (χ1) is 13.7. The van der Waals surface area contributed by atoms with Gasteiger partial charge in [-0.25, -0.2) is 13.6 Å². The van der Waals surface area contributed by atoms with E-state index in [1.165, 1.54) is 24.0 Å². The van der Waals surface area contributed by atoms with Crippen molar-refractivity contribution in [1.29, 1.82) is 0 Å². The Kier molecular flexibility index (Phi) is 8.15. The highest BCUT2D eigenvalue weighted by Gasteiger charge is 2.48. The number of rotatable bonds is 6. The summed E-state index contributed by atoms with van der Waals surface area (Å²) in [4.78, 5) is 0.159. The van der Waals surface area contributed by atoms with Gasteiger partial charge >= 0.3 is 0 Å². The summed E-state index contributed by atoms with van der Waals surface area (Å²) in [7, 11) is -1.95. The van der Waals surface area contributed by atoms with Crippen molar-refractivity contribution in [3.05, 3.63) is 58.8 Å². The zero-order valence-electron chi connectivity index (χ0n) is 17.7. The van der Waals surface area contributed by atoms with Crippen LogP contribution in [0.2, 0.25) is 0 Å². The van der Waals surface area contributed by atoms with Crippen molar-refractivity contribution in [2.24, 2.45) is 16.5 Å². The lowest BCUT2D eigenvalue weighted by molar-refractivity contribution is 0.292. The van der Waals surface area contributed by atoms with Gasteiger partial charge in [0.25, 0.3) is 0 Å². The van der Waals surface area contributed by atoms with Gasteiger partial charge in [-0.15, -0.1) is 0 Å². The Balaban J connectivity index is 0.000000370. The van der Waals surface area contributed by atoms with Crippen molar-refractivity contribution in [2.75, 3.05) is 7.11 Å². The molecule has 0 radical (unpaired) electrons. The highest BCUT2D eigenvalue weighted by molar-refractivity contribution is 7.89. The van der Waals surface area contributed by atoms with E-state index in [0.29, 0.717) is 11.3 Å². The molecule has 6 heteroatoms. The molecule has 3 rings (SSSR count). The predicted molar refractivity (Wildman–Crippen MR) is 121 cm³/mol. The third kappa shape index (κ3) is 6.46. The van der Waals surface area contributed by atoms with Gasteiger partial charge in [0.1, 0.15) is 0 Å². The van der Waals surface area contributed by atoms with Crippen molar-refractivity contribution in [1.82, 2.24) is 0 Å². The summed E-state index contributed by atoms with van der Waals surface area (Å²) in [5, 5.41) is 5.16. The Morgan fingerprint density at radius 1 is 1.28 bits per heavy atom. The van der Waals surface area contributed by atoms with Crippen LogP contribution in [0, 0.1) is 11.3 Å². The van der Waals surface area contributed by atoms with Gasteiger partial charge in [0, 0.05) is 5.54 Å². The first-order valence-corrected chi connectivity index (χ1v) is 12.0. The molecule has 0 saturated heterocycles. The van der Waals surface area contributed by atoms with Gasteiger partial charge in [-0.3, -0.25) is 0 Å². The monoisotopic (exact) mass is 437 g/mol. The van der Waals surface area contributed by atoms with Crippen LogP contribution in [-0.4, -0.2) is 15.5 Å². The standard InChI is InChI=1S/C17H20ClNO2S.C6H12O/c1-12(6-9-18)15-10-17(7-8-17)11-16(15)13-2-4-14(5-3-13)22(19,20)21;1-4-5-6(2)7-3/h2-6,9,12H,7-8,10-11H2,1H3,(H2,19,20,21);5H,4H2,1-3H3/b9-6+;6-5+. The second kappa shape index (κ2) is 9.96. The van der Waals surface area contributed by atoms with Gasteiger partial charge in [-0.1, -0.05) is 49.2 Å². The SMILES string of the molecule is CC(/C=C/Cl)C1=C(c2ccc(S(N)(=O)=O)cc2)CC2(CC2)C1.CC/C=C(\C)OC. The van der Waals surface area contributed by atoms with Gasteiger partial charge in [0.15, 0.2) is 0 Å². The van der Waals surface area contributed by atoms with Crippen LogP contribution in [-0.2, 0) is 14.8 Å². The molecule has 4 nitrogen and oxygen atoms in total. The number of benzene rings is 1. The van der Waals surface area contributed by atoms with Crippen LogP contribution in [0.15, 0.2) is 58.2 Å². The third-order valence-corrected chi connectivity index (χ3v) is 6.79. The molecule has 0 bridgehead atoms. The summed E-state index contributed by atoms with van der Waals surface area (Å²) in [6, 6.07) is 6.92. The molecule has 1 spiro atoms. The Hall–Kier alpha value is -1.56. The molecule has 0 aromatic heterocycles. The van der Waals surface area contributed by atoms with Crippen LogP contribution in [0.4, 0.5) is 0 Å². The molecule has 2 aliphatic carbocycles. The van der Waals surface area contributed by atoms with Gasteiger partial charge < -0.3 is 4.74 Å². The summed E-state index contributed by atoms with van der Waals surface area (Å²) in [6.07, 6.45) is 9.88. The average molecular weight is 438 g/mol. The molecule has 2 N–H and O–H groups in total. The summed E-state index contributed by atoms with van der Waals surface area (Å²) >= 11 is 5.74. The molecule has 1 unspecified atom stereocenters. The molecule has 2 aliphatic rings. The molecule has 1 atom stereocenters. The van der Waals surface area contributed by atoms with E-state index in [4.69, 9.17) is 21.5 Å². The maximum absolute atomic E-state index is 11.4. The van der Waals surface area contributed by atoms with Crippen molar-refractivity contribution in [2.45, 2.75) is 57.8 Å². The maximum Gasteiger partial charge on any atom is 0.238 e. The second-order valence-electron chi connectivity index (χ2n) is 7.96. The lowest BCUT2D eigenvalue weighted by Gasteiger charge is -2.12. The van der Waals surface area contributed by atoms with Crippen LogP contribution >= 0.6 is 11.6 Å².